The van der Waals surface area contributed by atoms with Gasteiger partial charge in [0.2, 0.25) is 5.91 Å². The van der Waals surface area contributed by atoms with Gasteiger partial charge < -0.3 is 5.32 Å². The Bertz CT molecular complexity index is 621. The van der Waals surface area contributed by atoms with E-state index in [9.17, 15) is 4.79 Å². The lowest BCUT2D eigenvalue weighted by molar-refractivity contribution is -0.116. The Labute approximate surface area is 128 Å². The molecule has 4 heteroatoms. The topological polar surface area (TPSA) is 29.1 Å². The number of halogens is 2. The van der Waals surface area contributed by atoms with Crippen molar-refractivity contribution in [3.05, 3.63) is 75.8 Å². The molecule has 0 spiro atoms. The number of benzene rings is 2. The Hall–Kier alpha value is -1.77. The summed E-state index contributed by atoms with van der Waals surface area (Å²) in [6.07, 6.45) is 3.21. The molecule has 1 amide bonds. The van der Waals surface area contributed by atoms with E-state index in [1.54, 1.807) is 30.3 Å². The summed E-state index contributed by atoms with van der Waals surface area (Å²) < 4.78 is 0. The molecule has 2 aromatic carbocycles. The minimum Gasteiger partial charge on any atom is -0.348 e. The number of carbonyl (C=O) groups excluding carboxylic acids is 1. The van der Waals surface area contributed by atoms with E-state index in [-0.39, 0.29) is 5.91 Å². The van der Waals surface area contributed by atoms with Crippen LogP contribution in [0.1, 0.15) is 11.1 Å². The van der Waals surface area contributed by atoms with Crippen molar-refractivity contribution in [2.45, 2.75) is 6.54 Å². The lowest BCUT2D eigenvalue weighted by Crippen LogP contribution is -2.20. The Balaban J connectivity index is 1.88. The van der Waals surface area contributed by atoms with Gasteiger partial charge in [0.15, 0.2) is 0 Å². The number of hydrogen-bond donors (Lipinski definition) is 1. The predicted molar refractivity (Wildman–Crippen MR) is 83.8 cm³/mol. The third-order valence-electron chi connectivity index (χ3n) is 2.66. The number of hydrogen-bond acceptors (Lipinski definition) is 1. The molecule has 0 aliphatic carbocycles. The number of amides is 1. The van der Waals surface area contributed by atoms with E-state index < -0.39 is 0 Å². The molecule has 0 bridgehead atoms. The molecular weight excluding hydrogens is 293 g/mol. The van der Waals surface area contributed by atoms with Gasteiger partial charge in [0.05, 0.1) is 0 Å². The fourth-order valence-electron chi connectivity index (χ4n) is 1.63. The molecule has 0 saturated carbocycles. The number of rotatable bonds is 4. The second-order valence-corrected chi connectivity index (χ2v) is 5.11. The maximum absolute atomic E-state index is 11.7. The van der Waals surface area contributed by atoms with Gasteiger partial charge in [-0.2, -0.15) is 0 Å². The highest BCUT2D eigenvalue weighted by Gasteiger charge is 1.97. The zero-order valence-electron chi connectivity index (χ0n) is 10.6. The van der Waals surface area contributed by atoms with Crippen LogP contribution in [0.2, 0.25) is 10.0 Å². The summed E-state index contributed by atoms with van der Waals surface area (Å²) in [4.78, 5) is 11.7. The smallest absolute Gasteiger partial charge is 0.244 e. The summed E-state index contributed by atoms with van der Waals surface area (Å²) in [6.45, 7) is 0.468. The van der Waals surface area contributed by atoms with Gasteiger partial charge in [-0.05, 0) is 41.5 Å². The average molecular weight is 306 g/mol. The minimum absolute atomic E-state index is 0.153. The first kappa shape index (κ1) is 14.6. The minimum atomic E-state index is -0.153. The molecule has 1 N–H and O–H groups in total. The van der Waals surface area contributed by atoms with Crippen LogP contribution in [-0.2, 0) is 11.3 Å². The fourth-order valence-corrected chi connectivity index (χ4v) is 1.96. The normalized spacial score (nSPS) is 10.7. The Morgan fingerprint density at radius 1 is 1.05 bits per heavy atom. The second-order valence-electron chi connectivity index (χ2n) is 4.23. The lowest BCUT2D eigenvalue weighted by Gasteiger charge is -2.02. The van der Waals surface area contributed by atoms with Crippen LogP contribution in [0, 0.1) is 0 Å². The van der Waals surface area contributed by atoms with Crippen molar-refractivity contribution in [1.29, 1.82) is 0 Å². The molecule has 0 unspecified atom stereocenters. The summed E-state index contributed by atoms with van der Waals surface area (Å²) in [7, 11) is 0. The Kier molecular flexibility index (Phi) is 5.22. The quantitative estimate of drug-likeness (QED) is 0.837. The zero-order chi connectivity index (χ0) is 14.4. The molecule has 102 valence electrons. The summed E-state index contributed by atoms with van der Waals surface area (Å²) in [5.74, 6) is -0.153. The van der Waals surface area contributed by atoms with E-state index in [1.807, 2.05) is 24.3 Å². The van der Waals surface area contributed by atoms with Crippen LogP contribution < -0.4 is 5.32 Å². The first-order valence-electron chi connectivity index (χ1n) is 6.09. The molecule has 0 aromatic heterocycles. The number of nitrogens with one attached hydrogen (secondary N) is 1. The van der Waals surface area contributed by atoms with Crippen molar-refractivity contribution in [2.75, 3.05) is 0 Å². The Morgan fingerprint density at radius 2 is 1.80 bits per heavy atom. The van der Waals surface area contributed by atoms with E-state index in [4.69, 9.17) is 23.2 Å². The van der Waals surface area contributed by atoms with Crippen LogP contribution in [0.3, 0.4) is 0 Å². The van der Waals surface area contributed by atoms with Gasteiger partial charge in [0.1, 0.15) is 0 Å². The summed E-state index contributed by atoms with van der Waals surface area (Å²) >= 11 is 11.7. The Morgan fingerprint density at radius 3 is 2.50 bits per heavy atom. The molecule has 0 atom stereocenters. The molecule has 0 aliphatic rings. The van der Waals surface area contributed by atoms with Gasteiger partial charge >= 0.3 is 0 Å². The van der Waals surface area contributed by atoms with Crippen molar-refractivity contribution in [2.24, 2.45) is 0 Å². The first-order valence-corrected chi connectivity index (χ1v) is 6.85. The molecule has 0 saturated heterocycles. The van der Waals surface area contributed by atoms with E-state index >= 15 is 0 Å². The van der Waals surface area contributed by atoms with Crippen LogP contribution in [0.15, 0.2) is 54.6 Å². The summed E-state index contributed by atoms with van der Waals surface area (Å²) in [5, 5.41) is 4.13. The van der Waals surface area contributed by atoms with Crippen molar-refractivity contribution in [1.82, 2.24) is 5.32 Å². The highest BCUT2D eigenvalue weighted by molar-refractivity contribution is 6.30. The van der Waals surface area contributed by atoms with Crippen molar-refractivity contribution < 1.29 is 4.79 Å². The average Bonchev–Trinajstić information content (AvgIpc) is 2.45. The van der Waals surface area contributed by atoms with Crippen LogP contribution in [0.4, 0.5) is 0 Å². The van der Waals surface area contributed by atoms with Gasteiger partial charge in [0.25, 0.3) is 0 Å². The second kappa shape index (κ2) is 7.13. The van der Waals surface area contributed by atoms with Crippen LogP contribution in [0.5, 0.6) is 0 Å². The van der Waals surface area contributed by atoms with Gasteiger partial charge in [0, 0.05) is 22.7 Å². The maximum atomic E-state index is 11.7. The van der Waals surface area contributed by atoms with Crippen molar-refractivity contribution in [3.63, 3.8) is 0 Å². The van der Waals surface area contributed by atoms with Crippen LogP contribution >= 0.6 is 23.2 Å². The third-order valence-corrected chi connectivity index (χ3v) is 3.14. The first-order chi connectivity index (χ1) is 9.63. The SMILES string of the molecule is O=C(/C=C/c1cccc(Cl)c1)NCc1ccc(Cl)cc1. The van der Waals surface area contributed by atoms with Crippen LogP contribution in [-0.4, -0.2) is 5.91 Å². The fraction of sp³-hybridized carbons (Fsp3) is 0.0625. The van der Waals surface area contributed by atoms with E-state index in [2.05, 4.69) is 5.32 Å². The van der Waals surface area contributed by atoms with Crippen LogP contribution in [0.25, 0.3) is 6.08 Å². The molecule has 0 fully saturated rings. The molecule has 20 heavy (non-hydrogen) atoms. The lowest BCUT2D eigenvalue weighted by atomic mass is 10.2. The third kappa shape index (κ3) is 4.72. The van der Waals surface area contributed by atoms with Gasteiger partial charge in [-0.15, -0.1) is 0 Å². The largest absolute Gasteiger partial charge is 0.348 e. The number of carbonyl (C=O) groups is 1. The standard InChI is InChI=1S/C16H13Cl2NO/c17-14-7-4-13(5-8-14)11-19-16(20)9-6-12-2-1-3-15(18)10-12/h1-10H,11H2,(H,19,20)/b9-6+. The van der Waals surface area contributed by atoms with Gasteiger partial charge in [-0.25, -0.2) is 0 Å². The molecule has 0 aliphatic heterocycles. The molecular formula is C16H13Cl2NO. The highest BCUT2D eigenvalue weighted by atomic mass is 35.5. The van der Waals surface area contributed by atoms with Gasteiger partial charge in [-0.1, -0.05) is 47.5 Å². The molecule has 2 aromatic rings. The predicted octanol–water partition coefficient (Wildman–Crippen LogP) is 4.32. The van der Waals surface area contributed by atoms with Crippen molar-refractivity contribution >= 4 is 35.2 Å². The monoisotopic (exact) mass is 305 g/mol. The molecule has 2 nitrogen and oxygen atoms in total. The molecule has 0 heterocycles. The summed E-state index contributed by atoms with van der Waals surface area (Å²) in [6, 6.07) is 14.7. The van der Waals surface area contributed by atoms with E-state index in [1.165, 1.54) is 6.08 Å². The van der Waals surface area contributed by atoms with E-state index in [0.29, 0.717) is 16.6 Å². The van der Waals surface area contributed by atoms with Gasteiger partial charge in [-0.3, -0.25) is 4.79 Å². The summed E-state index contributed by atoms with van der Waals surface area (Å²) in [5.41, 5.74) is 1.89. The molecule has 2 rings (SSSR count). The zero-order valence-corrected chi connectivity index (χ0v) is 12.2. The van der Waals surface area contributed by atoms with E-state index in [0.717, 1.165) is 11.1 Å². The molecule has 0 radical (unpaired) electrons. The highest BCUT2D eigenvalue weighted by Crippen LogP contribution is 2.12. The van der Waals surface area contributed by atoms with Crippen molar-refractivity contribution in [3.8, 4) is 0 Å². The maximum Gasteiger partial charge on any atom is 0.244 e.